The molecular formula is C70H114O6. The fraction of sp³-hybridized carbons (Fsp3) is 0.643. The van der Waals surface area contributed by atoms with Crippen LogP contribution in [0.2, 0.25) is 0 Å². The first-order chi connectivity index (χ1) is 37.5. The van der Waals surface area contributed by atoms with Crippen LogP contribution in [0.5, 0.6) is 0 Å². The Bertz CT molecular complexity index is 1630. The fourth-order valence-corrected chi connectivity index (χ4v) is 8.30. The lowest BCUT2D eigenvalue weighted by molar-refractivity contribution is -0.166. The van der Waals surface area contributed by atoms with Crippen molar-refractivity contribution in [3.05, 3.63) is 134 Å². The van der Waals surface area contributed by atoms with Crippen LogP contribution in [0.15, 0.2) is 134 Å². The number of rotatable bonds is 55. The molecule has 0 aliphatic rings. The maximum Gasteiger partial charge on any atom is 0.309 e. The third-order valence-electron chi connectivity index (χ3n) is 12.9. The van der Waals surface area contributed by atoms with Crippen molar-refractivity contribution in [2.24, 2.45) is 0 Å². The highest BCUT2D eigenvalue weighted by molar-refractivity contribution is 5.72. The fourth-order valence-electron chi connectivity index (χ4n) is 8.30. The highest BCUT2D eigenvalue weighted by Crippen LogP contribution is 2.15. The Balaban J connectivity index is 4.43. The summed E-state index contributed by atoms with van der Waals surface area (Å²) in [7, 11) is 0. The monoisotopic (exact) mass is 1050 g/mol. The standard InChI is InChI=1S/C70H114O6/c1-4-7-10-13-16-19-22-25-28-30-32-33-34-35-36-37-38-40-42-45-48-51-54-57-60-63-69(72)75-66-67(65-74-68(71)62-59-56-53-50-47-44-41-27-24-21-18-15-12-9-6-3)76-70(73)64-61-58-55-52-49-46-43-39-31-29-26-23-20-17-14-11-8-5-2/h7,9-10,12,16,18-21,23,25,27-29,31-33,41,47,50,56,59,67H,4-6,8,11,13-15,17,22,24,26,30,34-40,42-46,48-49,51-55,57-58,60-66H2,1-3H3/b10-7-,12-9-,19-16-,21-18-,23-20-,28-25-,31-29-,33-32-,41-27-,50-47-,59-56-. The molecule has 0 bridgehead atoms. The molecule has 0 aromatic heterocycles. The first kappa shape index (κ1) is 71.5. The molecule has 0 saturated carbocycles. The van der Waals surface area contributed by atoms with Gasteiger partial charge in [0.1, 0.15) is 13.2 Å². The molecule has 0 aliphatic heterocycles. The van der Waals surface area contributed by atoms with E-state index in [1.54, 1.807) is 6.08 Å². The number of allylic oxidation sites excluding steroid dienone is 21. The molecule has 1 atom stereocenters. The van der Waals surface area contributed by atoms with E-state index >= 15 is 0 Å². The Labute approximate surface area is 468 Å². The highest BCUT2D eigenvalue weighted by atomic mass is 16.6. The second-order valence-electron chi connectivity index (χ2n) is 20.2. The number of ether oxygens (including phenoxy) is 3. The van der Waals surface area contributed by atoms with Gasteiger partial charge in [-0.3, -0.25) is 14.4 Å². The Hall–Kier alpha value is -4.45. The van der Waals surface area contributed by atoms with Gasteiger partial charge in [0.2, 0.25) is 0 Å². The van der Waals surface area contributed by atoms with Crippen molar-refractivity contribution in [2.45, 2.75) is 277 Å². The predicted octanol–water partition coefficient (Wildman–Crippen LogP) is 21.4. The summed E-state index contributed by atoms with van der Waals surface area (Å²) in [6.07, 6.45) is 89.1. The lowest BCUT2D eigenvalue weighted by atomic mass is 10.0. The van der Waals surface area contributed by atoms with Gasteiger partial charge in [0.25, 0.3) is 0 Å². The van der Waals surface area contributed by atoms with Gasteiger partial charge in [-0.2, -0.15) is 0 Å². The number of esters is 3. The van der Waals surface area contributed by atoms with Crippen molar-refractivity contribution in [3.63, 3.8) is 0 Å². The van der Waals surface area contributed by atoms with E-state index in [9.17, 15) is 14.4 Å². The van der Waals surface area contributed by atoms with Crippen molar-refractivity contribution in [1.82, 2.24) is 0 Å². The normalized spacial score (nSPS) is 13.0. The lowest BCUT2D eigenvalue weighted by Crippen LogP contribution is -2.30. The van der Waals surface area contributed by atoms with Gasteiger partial charge in [-0.25, -0.2) is 0 Å². The van der Waals surface area contributed by atoms with Crippen LogP contribution in [0.25, 0.3) is 0 Å². The predicted molar refractivity (Wildman–Crippen MR) is 329 cm³/mol. The molecule has 0 N–H and O–H groups in total. The summed E-state index contributed by atoms with van der Waals surface area (Å²) in [4.78, 5) is 38.2. The van der Waals surface area contributed by atoms with E-state index in [0.717, 1.165) is 109 Å². The lowest BCUT2D eigenvalue weighted by Gasteiger charge is -2.18. The zero-order chi connectivity index (χ0) is 55.0. The van der Waals surface area contributed by atoms with Crippen LogP contribution < -0.4 is 0 Å². The molecule has 0 fully saturated rings. The molecule has 0 saturated heterocycles. The average molecular weight is 1050 g/mol. The van der Waals surface area contributed by atoms with Crippen LogP contribution in [0.4, 0.5) is 0 Å². The van der Waals surface area contributed by atoms with Crippen LogP contribution in [-0.2, 0) is 28.6 Å². The summed E-state index contributed by atoms with van der Waals surface area (Å²) in [6, 6.07) is 0. The Morgan fingerprint density at radius 1 is 0.289 bits per heavy atom. The van der Waals surface area contributed by atoms with Crippen LogP contribution in [0.1, 0.15) is 271 Å². The summed E-state index contributed by atoms with van der Waals surface area (Å²) in [6.45, 7) is 6.31. The molecule has 0 aromatic carbocycles. The molecule has 0 amide bonds. The second kappa shape index (κ2) is 63.1. The van der Waals surface area contributed by atoms with E-state index in [1.165, 1.54) is 122 Å². The molecule has 0 heterocycles. The van der Waals surface area contributed by atoms with Crippen molar-refractivity contribution in [2.75, 3.05) is 13.2 Å². The molecule has 0 spiro atoms. The summed E-state index contributed by atoms with van der Waals surface area (Å²) in [5.41, 5.74) is 0. The van der Waals surface area contributed by atoms with E-state index in [0.29, 0.717) is 12.8 Å². The molecule has 1 unspecified atom stereocenters. The summed E-state index contributed by atoms with van der Waals surface area (Å²) < 4.78 is 16.8. The smallest absolute Gasteiger partial charge is 0.309 e. The number of unbranched alkanes of at least 4 members (excludes halogenated alkanes) is 23. The Morgan fingerprint density at radius 2 is 0.566 bits per heavy atom. The van der Waals surface area contributed by atoms with Gasteiger partial charge < -0.3 is 14.2 Å². The quantitative estimate of drug-likeness (QED) is 0.0261. The maximum atomic E-state index is 12.9. The molecule has 6 nitrogen and oxygen atoms in total. The van der Waals surface area contributed by atoms with Crippen LogP contribution >= 0.6 is 0 Å². The van der Waals surface area contributed by atoms with Crippen molar-refractivity contribution >= 4 is 17.9 Å². The minimum atomic E-state index is -0.828. The van der Waals surface area contributed by atoms with Gasteiger partial charge >= 0.3 is 17.9 Å². The van der Waals surface area contributed by atoms with E-state index in [1.807, 2.05) is 6.08 Å². The molecule has 430 valence electrons. The molecule has 0 rings (SSSR count). The Kier molecular flexibility index (Phi) is 59.4. The van der Waals surface area contributed by atoms with Crippen molar-refractivity contribution in [1.29, 1.82) is 0 Å². The maximum absolute atomic E-state index is 12.9. The SMILES string of the molecule is CC/C=C\C/C=C\C/C=C\C/C=C\C/C=C\CC(=O)OCC(COC(=O)CCCCCCCCCCCCCC/C=C\C/C=C\C/C=C\C/C=C\CC)OC(=O)CCCCCCCCC/C=C\C/C=C\CCCCCC. The molecule has 76 heavy (non-hydrogen) atoms. The topological polar surface area (TPSA) is 78.9 Å². The van der Waals surface area contributed by atoms with E-state index in [-0.39, 0.29) is 31.6 Å². The van der Waals surface area contributed by atoms with Crippen LogP contribution in [0.3, 0.4) is 0 Å². The van der Waals surface area contributed by atoms with Gasteiger partial charge in [-0.1, -0.05) is 270 Å². The minimum absolute atomic E-state index is 0.115. The van der Waals surface area contributed by atoms with E-state index in [2.05, 4.69) is 142 Å². The van der Waals surface area contributed by atoms with E-state index < -0.39 is 12.1 Å². The van der Waals surface area contributed by atoms with Gasteiger partial charge in [0, 0.05) is 12.8 Å². The second-order valence-corrected chi connectivity index (χ2v) is 20.2. The number of carbonyl (C=O) groups excluding carboxylic acids is 3. The van der Waals surface area contributed by atoms with Gasteiger partial charge in [-0.05, 0) is 116 Å². The van der Waals surface area contributed by atoms with Crippen LogP contribution in [0, 0.1) is 0 Å². The number of hydrogen-bond donors (Lipinski definition) is 0. The third-order valence-corrected chi connectivity index (χ3v) is 12.9. The molecule has 0 aromatic rings. The van der Waals surface area contributed by atoms with E-state index in [4.69, 9.17) is 14.2 Å². The first-order valence-electron chi connectivity index (χ1n) is 31.2. The van der Waals surface area contributed by atoms with Crippen LogP contribution in [-0.4, -0.2) is 37.2 Å². The van der Waals surface area contributed by atoms with Gasteiger partial charge in [0.15, 0.2) is 6.10 Å². The minimum Gasteiger partial charge on any atom is -0.462 e. The van der Waals surface area contributed by atoms with Gasteiger partial charge in [0.05, 0.1) is 6.42 Å². The first-order valence-corrected chi connectivity index (χ1v) is 31.2. The summed E-state index contributed by atoms with van der Waals surface area (Å²) in [5, 5.41) is 0. The molecular weight excluding hydrogens is 937 g/mol. The number of carbonyl (C=O) groups is 3. The average Bonchev–Trinajstić information content (AvgIpc) is 3.42. The number of hydrogen-bond acceptors (Lipinski definition) is 6. The summed E-state index contributed by atoms with van der Waals surface area (Å²) >= 11 is 0. The van der Waals surface area contributed by atoms with Gasteiger partial charge in [-0.15, -0.1) is 0 Å². The molecule has 6 heteroatoms. The highest BCUT2D eigenvalue weighted by Gasteiger charge is 2.19. The molecule has 0 aliphatic carbocycles. The van der Waals surface area contributed by atoms with Crippen molar-refractivity contribution < 1.29 is 28.6 Å². The summed E-state index contributed by atoms with van der Waals surface area (Å²) in [5.74, 6) is -1.06. The Morgan fingerprint density at radius 3 is 0.921 bits per heavy atom. The van der Waals surface area contributed by atoms with Crippen molar-refractivity contribution in [3.8, 4) is 0 Å². The zero-order valence-corrected chi connectivity index (χ0v) is 49.2. The largest absolute Gasteiger partial charge is 0.462 e. The zero-order valence-electron chi connectivity index (χ0n) is 49.2. The molecule has 0 radical (unpaired) electrons. The third kappa shape index (κ3) is 60.4.